The Labute approximate surface area is 111 Å². The van der Waals surface area contributed by atoms with Gasteiger partial charge in [-0.3, -0.25) is 10.1 Å². The van der Waals surface area contributed by atoms with Crippen molar-refractivity contribution in [3.05, 3.63) is 52.8 Å². The van der Waals surface area contributed by atoms with Crippen LogP contribution in [-0.4, -0.2) is 22.6 Å². The molecule has 5 heteroatoms. The minimum atomic E-state index is -0.291. The molecule has 3 rings (SSSR count). The largest absolute Gasteiger partial charge is 0.366 e. The van der Waals surface area contributed by atoms with Crippen LogP contribution < -0.4 is 4.90 Å². The van der Waals surface area contributed by atoms with E-state index in [1.807, 2.05) is 41.2 Å². The Hall–Kier alpha value is -2.30. The summed E-state index contributed by atoms with van der Waals surface area (Å²) in [4.78, 5) is 13.1. The number of nitrogens with zero attached hydrogens (tertiary/aromatic N) is 3. The lowest BCUT2D eigenvalue weighted by Crippen LogP contribution is -2.19. The highest BCUT2D eigenvalue weighted by Gasteiger charge is 2.22. The number of anilines is 1. The summed E-state index contributed by atoms with van der Waals surface area (Å²) in [5.41, 5.74) is 1.74. The quantitative estimate of drug-likeness (QED) is 0.627. The molecule has 0 spiro atoms. The standard InChI is InChI=1S/C14H15N3O2/c18-17(19)14-11-12(15-7-1-2-8-15)5-6-13(14)16-9-3-4-10-16/h1-2,5-8,11H,3-4,9-10H2. The zero-order valence-electron chi connectivity index (χ0n) is 10.5. The third-order valence-corrected chi connectivity index (χ3v) is 3.51. The fraction of sp³-hybridized carbons (Fsp3) is 0.286. The summed E-state index contributed by atoms with van der Waals surface area (Å²) in [6.07, 6.45) is 5.98. The molecule has 1 aliphatic rings. The molecule has 5 nitrogen and oxygen atoms in total. The van der Waals surface area contributed by atoms with Crippen LogP contribution in [0.25, 0.3) is 5.69 Å². The second-order valence-electron chi connectivity index (χ2n) is 4.71. The fourth-order valence-electron chi connectivity index (χ4n) is 2.55. The average molecular weight is 257 g/mol. The minimum absolute atomic E-state index is 0.188. The van der Waals surface area contributed by atoms with E-state index in [0.717, 1.165) is 37.3 Å². The molecule has 2 heterocycles. The normalized spacial score (nSPS) is 14.8. The Bertz CT molecular complexity index is 587. The predicted molar refractivity (Wildman–Crippen MR) is 73.9 cm³/mol. The van der Waals surface area contributed by atoms with E-state index in [2.05, 4.69) is 4.90 Å². The van der Waals surface area contributed by atoms with Gasteiger partial charge < -0.3 is 9.47 Å². The van der Waals surface area contributed by atoms with E-state index >= 15 is 0 Å². The van der Waals surface area contributed by atoms with Crippen molar-refractivity contribution in [1.29, 1.82) is 0 Å². The zero-order chi connectivity index (χ0) is 13.2. The van der Waals surface area contributed by atoms with Gasteiger partial charge >= 0.3 is 0 Å². The Morgan fingerprint density at radius 2 is 1.79 bits per heavy atom. The van der Waals surface area contributed by atoms with Gasteiger partial charge in [-0.1, -0.05) is 0 Å². The first-order valence-electron chi connectivity index (χ1n) is 6.42. The third kappa shape index (κ3) is 2.19. The number of nitro benzene ring substituents is 1. The molecule has 1 aromatic carbocycles. The minimum Gasteiger partial charge on any atom is -0.366 e. The van der Waals surface area contributed by atoms with Gasteiger partial charge in [0.15, 0.2) is 0 Å². The Kier molecular flexibility index (Phi) is 2.95. The van der Waals surface area contributed by atoms with E-state index < -0.39 is 0 Å². The summed E-state index contributed by atoms with van der Waals surface area (Å²) >= 11 is 0. The number of rotatable bonds is 3. The average Bonchev–Trinajstić information content (AvgIpc) is 3.11. The van der Waals surface area contributed by atoms with Gasteiger partial charge in [-0.15, -0.1) is 0 Å². The molecule has 1 fully saturated rings. The van der Waals surface area contributed by atoms with Crippen LogP contribution in [0, 0.1) is 10.1 Å². The smallest absolute Gasteiger partial charge is 0.294 e. The second kappa shape index (κ2) is 4.76. The van der Waals surface area contributed by atoms with Crippen LogP contribution in [-0.2, 0) is 0 Å². The number of hydrogen-bond donors (Lipinski definition) is 0. The molecule has 0 radical (unpaired) electrons. The lowest BCUT2D eigenvalue weighted by atomic mass is 10.2. The van der Waals surface area contributed by atoms with Gasteiger partial charge in [0.25, 0.3) is 5.69 Å². The van der Waals surface area contributed by atoms with E-state index in [0.29, 0.717) is 0 Å². The van der Waals surface area contributed by atoms with Crippen molar-refractivity contribution in [2.24, 2.45) is 0 Å². The molecule has 0 bridgehead atoms. The zero-order valence-corrected chi connectivity index (χ0v) is 10.5. The van der Waals surface area contributed by atoms with Gasteiger partial charge in [0.05, 0.1) is 10.6 Å². The van der Waals surface area contributed by atoms with Crippen LogP contribution in [0.2, 0.25) is 0 Å². The van der Waals surface area contributed by atoms with E-state index in [-0.39, 0.29) is 10.6 Å². The van der Waals surface area contributed by atoms with Crippen LogP contribution >= 0.6 is 0 Å². The molecule has 1 saturated heterocycles. The summed E-state index contributed by atoms with van der Waals surface area (Å²) in [6, 6.07) is 9.24. The summed E-state index contributed by atoms with van der Waals surface area (Å²) in [6.45, 7) is 1.81. The molecular formula is C14H15N3O2. The van der Waals surface area contributed by atoms with Gasteiger partial charge in [-0.25, -0.2) is 0 Å². The van der Waals surface area contributed by atoms with Crippen molar-refractivity contribution in [1.82, 2.24) is 4.57 Å². The Morgan fingerprint density at radius 1 is 1.11 bits per heavy atom. The van der Waals surface area contributed by atoms with Crippen molar-refractivity contribution in [3.8, 4) is 5.69 Å². The summed E-state index contributed by atoms with van der Waals surface area (Å²) in [7, 11) is 0. The van der Waals surface area contributed by atoms with E-state index in [9.17, 15) is 10.1 Å². The monoisotopic (exact) mass is 257 g/mol. The van der Waals surface area contributed by atoms with Crippen molar-refractivity contribution in [2.75, 3.05) is 18.0 Å². The van der Waals surface area contributed by atoms with Crippen molar-refractivity contribution in [3.63, 3.8) is 0 Å². The molecule has 1 aliphatic heterocycles. The molecule has 0 atom stereocenters. The van der Waals surface area contributed by atoms with Gasteiger partial charge in [-0.05, 0) is 37.1 Å². The van der Waals surface area contributed by atoms with Crippen molar-refractivity contribution in [2.45, 2.75) is 12.8 Å². The van der Waals surface area contributed by atoms with Crippen LogP contribution in [0.3, 0.4) is 0 Å². The summed E-state index contributed by atoms with van der Waals surface area (Å²) < 4.78 is 1.88. The molecule has 0 N–H and O–H groups in total. The van der Waals surface area contributed by atoms with Crippen LogP contribution in [0.15, 0.2) is 42.7 Å². The SMILES string of the molecule is O=[N+]([O-])c1cc(-n2cccc2)ccc1N1CCCC1. The number of hydrogen-bond acceptors (Lipinski definition) is 3. The van der Waals surface area contributed by atoms with E-state index in [4.69, 9.17) is 0 Å². The Balaban J connectivity index is 2.04. The molecule has 1 aromatic heterocycles. The predicted octanol–water partition coefficient (Wildman–Crippen LogP) is 2.99. The van der Waals surface area contributed by atoms with Crippen LogP contribution in [0.1, 0.15) is 12.8 Å². The molecule has 19 heavy (non-hydrogen) atoms. The maximum atomic E-state index is 11.3. The van der Waals surface area contributed by atoms with Gasteiger partial charge in [-0.2, -0.15) is 0 Å². The topological polar surface area (TPSA) is 51.3 Å². The molecule has 98 valence electrons. The highest BCUT2D eigenvalue weighted by Crippen LogP contribution is 2.32. The van der Waals surface area contributed by atoms with Crippen molar-refractivity contribution < 1.29 is 4.92 Å². The summed E-state index contributed by atoms with van der Waals surface area (Å²) in [5, 5.41) is 11.3. The molecule has 0 saturated carbocycles. The van der Waals surface area contributed by atoms with Gasteiger partial charge in [0, 0.05) is 31.5 Å². The van der Waals surface area contributed by atoms with Crippen LogP contribution in [0.4, 0.5) is 11.4 Å². The van der Waals surface area contributed by atoms with Crippen LogP contribution in [0.5, 0.6) is 0 Å². The molecule has 0 aliphatic carbocycles. The highest BCUT2D eigenvalue weighted by atomic mass is 16.6. The molecule has 0 amide bonds. The fourth-order valence-corrected chi connectivity index (χ4v) is 2.55. The molecular weight excluding hydrogens is 242 g/mol. The van der Waals surface area contributed by atoms with E-state index in [1.165, 1.54) is 0 Å². The molecule has 0 unspecified atom stereocenters. The lowest BCUT2D eigenvalue weighted by Gasteiger charge is -2.18. The van der Waals surface area contributed by atoms with Crippen molar-refractivity contribution >= 4 is 11.4 Å². The van der Waals surface area contributed by atoms with E-state index in [1.54, 1.807) is 6.07 Å². The first-order chi connectivity index (χ1) is 9.25. The second-order valence-corrected chi connectivity index (χ2v) is 4.71. The summed E-state index contributed by atoms with van der Waals surface area (Å²) in [5.74, 6) is 0. The maximum absolute atomic E-state index is 11.3. The first-order valence-corrected chi connectivity index (χ1v) is 6.42. The number of aromatic nitrogens is 1. The third-order valence-electron chi connectivity index (χ3n) is 3.51. The van der Waals surface area contributed by atoms with Gasteiger partial charge in [0.2, 0.25) is 0 Å². The highest BCUT2D eigenvalue weighted by molar-refractivity contribution is 5.67. The van der Waals surface area contributed by atoms with Gasteiger partial charge in [0.1, 0.15) is 5.69 Å². The Morgan fingerprint density at radius 3 is 2.42 bits per heavy atom. The number of nitro groups is 1. The first kappa shape index (κ1) is 11.8. The molecule has 2 aromatic rings. The number of benzene rings is 1. The lowest BCUT2D eigenvalue weighted by molar-refractivity contribution is -0.384. The maximum Gasteiger partial charge on any atom is 0.294 e.